The smallest absolute Gasteiger partial charge is 0.320 e. The fraction of sp³-hybridized carbons (Fsp3) is 0.333. The van der Waals surface area contributed by atoms with E-state index in [1.54, 1.807) is 0 Å². The van der Waals surface area contributed by atoms with Gasteiger partial charge in [-0.05, 0) is 57.3 Å². The number of halogens is 2. The van der Waals surface area contributed by atoms with Gasteiger partial charge in [-0.15, -0.1) is 0 Å². The molecule has 2 amide bonds. The van der Waals surface area contributed by atoms with Gasteiger partial charge in [0.2, 0.25) is 5.82 Å². The van der Waals surface area contributed by atoms with Crippen LogP contribution in [0.2, 0.25) is 0 Å². The number of anilines is 2. The summed E-state index contributed by atoms with van der Waals surface area (Å²) in [5.41, 5.74) is 0.518. The maximum Gasteiger partial charge on any atom is 0.320 e. The number of urea groups is 1. The second-order valence-electron chi connectivity index (χ2n) is 5.67. The summed E-state index contributed by atoms with van der Waals surface area (Å²) in [6.07, 6.45) is 4.11. The number of carbonyl (C=O) groups excluding carboxylic acids is 1. The van der Waals surface area contributed by atoms with Gasteiger partial charge in [-0.1, -0.05) is 12.8 Å². The fourth-order valence-corrected chi connectivity index (χ4v) is 2.99. The SMILES string of the molecule is N=C(Nc1ccc(F)c(Br)c1)c1nonc1NC(=O)NC1CCCC1. The number of hydrogen-bond donors (Lipinski definition) is 4. The van der Waals surface area contributed by atoms with Gasteiger partial charge < -0.3 is 10.6 Å². The van der Waals surface area contributed by atoms with Crippen molar-refractivity contribution < 1.29 is 13.8 Å². The first-order valence-electron chi connectivity index (χ1n) is 7.74. The van der Waals surface area contributed by atoms with Crippen LogP contribution in [0.25, 0.3) is 0 Å². The van der Waals surface area contributed by atoms with Crippen LogP contribution in [0.4, 0.5) is 20.7 Å². The van der Waals surface area contributed by atoms with Crippen molar-refractivity contribution >= 4 is 39.3 Å². The first-order valence-corrected chi connectivity index (χ1v) is 8.53. The van der Waals surface area contributed by atoms with E-state index in [0.717, 1.165) is 25.7 Å². The predicted octanol–water partition coefficient (Wildman–Crippen LogP) is 3.47. The molecule has 1 aliphatic carbocycles. The Morgan fingerprint density at radius 2 is 2.04 bits per heavy atom. The fourth-order valence-electron chi connectivity index (χ4n) is 2.61. The van der Waals surface area contributed by atoms with Gasteiger partial charge in [-0.2, -0.15) is 0 Å². The van der Waals surface area contributed by atoms with Crippen molar-refractivity contribution in [3.05, 3.63) is 34.2 Å². The van der Waals surface area contributed by atoms with Gasteiger partial charge in [0.1, 0.15) is 5.82 Å². The average molecular weight is 411 g/mol. The third-order valence-electron chi connectivity index (χ3n) is 3.84. The molecule has 0 unspecified atom stereocenters. The zero-order valence-electron chi connectivity index (χ0n) is 13.1. The summed E-state index contributed by atoms with van der Waals surface area (Å²) in [4.78, 5) is 12.0. The second-order valence-corrected chi connectivity index (χ2v) is 6.52. The Bertz CT molecular complexity index is 790. The highest BCUT2D eigenvalue weighted by molar-refractivity contribution is 9.10. The number of amides is 2. The van der Waals surface area contributed by atoms with E-state index in [2.05, 4.69) is 46.8 Å². The van der Waals surface area contributed by atoms with E-state index < -0.39 is 11.8 Å². The Labute approximate surface area is 151 Å². The van der Waals surface area contributed by atoms with Crippen molar-refractivity contribution in [2.45, 2.75) is 31.7 Å². The van der Waals surface area contributed by atoms with Crippen LogP contribution in [0.5, 0.6) is 0 Å². The molecule has 1 aromatic heterocycles. The molecule has 0 saturated heterocycles. The Hall–Kier alpha value is -2.49. The van der Waals surface area contributed by atoms with E-state index in [0.29, 0.717) is 5.69 Å². The second kappa shape index (κ2) is 7.60. The number of amidine groups is 1. The van der Waals surface area contributed by atoms with E-state index in [1.807, 2.05) is 0 Å². The summed E-state index contributed by atoms with van der Waals surface area (Å²) in [5.74, 6) is -0.517. The van der Waals surface area contributed by atoms with E-state index in [1.165, 1.54) is 18.2 Å². The number of nitrogens with zero attached hydrogens (tertiary/aromatic N) is 2. The molecule has 0 bridgehead atoms. The molecule has 132 valence electrons. The van der Waals surface area contributed by atoms with Crippen LogP contribution in [0.15, 0.2) is 27.3 Å². The van der Waals surface area contributed by atoms with Gasteiger partial charge in [0, 0.05) is 11.7 Å². The topological polar surface area (TPSA) is 116 Å². The van der Waals surface area contributed by atoms with Crippen molar-refractivity contribution in [1.29, 1.82) is 5.41 Å². The molecule has 0 aliphatic heterocycles. The highest BCUT2D eigenvalue weighted by atomic mass is 79.9. The highest BCUT2D eigenvalue weighted by Crippen LogP contribution is 2.21. The van der Waals surface area contributed by atoms with Gasteiger partial charge in [-0.3, -0.25) is 10.7 Å². The number of nitrogens with one attached hydrogen (secondary N) is 4. The third-order valence-corrected chi connectivity index (χ3v) is 4.44. The highest BCUT2D eigenvalue weighted by Gasteiger charge is 2.21. The van der Waals surface area contributed by atoms with Crippen molar-refractivity contribution in [3.63, 3.8) is 0 Å². The number of carbonyl (C=O) groups is 1. The van der Waals surface area contributed by atoms with Crippen molar-refractivity contribution in [3.8, 4) is 0 Å². The number of benzene rings is 1. The van der Waals surface area contributed by atoms with Crippen LogP contribution in [0, 0.1) is 11.2 Å². The third kappa shape index (κ3) is 4.32. The zero-order valence-corrected chi connectivity index (χ0v) is 14.7. The monoisotopic (exact) mass is 410 g/mol. The molecule has 8 nitrogen and oxygen atoms in total. The maximum absolute atomic E-state index is 13.3. The zero-order chi connectivity index (χ0) is 17.8. The van der Waals surface area contributed by atoms with Gasteiger partial charge in [-0.25, -0.2) is 13.8 Å². The lowest BCUT2D eigenvalue weighted by molar-refractivity contribution is 0.248. The van der Waals surface area contributed by atoms with Crippen LogP contribution in [-0.2, 0) is 0 Å². The Kier molecular flexibility index (Phi) is 5.27. The van der Waals surface area contributed by atoms with Crippen molar-refractivity contribution in [2.24, 2.45) is 0 Å². The minimum absolute atomic E-state index is 0.0363. The minimum Gasteiger partial charge on any atom is -0.339 e. The maximum atomic E-state index is 13.3. The van der Waals surface area contributed by atoms with Crippen molar-refractivity contribution in [2.75, 3.05) is 10.6 Å². The predicted molar refractivity (Wildman–Crippen MR) is 93.3 cm³/mol. The van der Waals surface area contributed by atoms with Crippen LogP contribution >= 0.6 is 15.9 Å². The average Bonchev–Trinajstić information content (AvgIpc) is 3.22. The van der Waals surface area contributed by atoms with Crippen molar-refractivity contribution in [1.82, 2.24) is 15.6 Å². The summed E-state index contributed by atoms with van der Waals surface area (Å²) < 4.78 is 18.2. The van der Waals surface area contributed by atoms with E-state index in [9.17, 15) is 9.18 Å². The summed E-state index contributed by atoms with van der Waals surface area (Å²) >= 11 is 3.08. The van der Waals surface area contributed by atoms with Crippen LogP contribution in [-0.4, -0.2) is 28.2 Å². The summed E-state index contributed by atoms with van der Waals surface area (Å²) in [7, 11) is 0. The minimum atomic E-state index is -0.416. The molecule has 25 heavy (non-hydrogen) atoms. The van der Waals surface area contributed by atoms with E-state index >= 15 is 0 Å². The standard InChI is InChI=1S/C15H16BrFN6O2/c16-10-7-9(5-6-11(10)17)19-13(18)12-14(23-25-22-12)21-15(24)20-8-3-1-2-4-8/h5-8H,1-4H2,(H2,18,19)(H2,20,21,23,24). The molecule has 10 heteroatoms. The van der Waals surface area contributed by atoms with E-state index in [4.69, 9.17) is 5.41 Å². The lowest BCUT2D eigenvalue weighted by Gasteiger charge is -2.12. The van der Waals surface area contributed by atoms with Gasteiger partial charge >= 0.3 is 6.03 Å². The largest absolute Gasteiger partial charge is 0.339 e. The number of hydrogen-bond acceptors (Lipinski definition) is 5. The molecule has 2 aromatic rings. The molecular weight excluding hydrogens is 395 g/mol. The molecule has 0 spiro atoms. The van der Waals surface area contributed by atoms with Gasteiger partial charge in [0.15, 0.2) is 11.5 Å². The summed E-state index contributed by atoms with van der Waals surface area (Å²) in [6.45, 7) is 0. The van der Waals surface area contributed by atoms with Gasteiger partial charge in [0.25, 0.3) is 0 Å². The molecule has 1 heterocycles. The first-order chi connectivity index (χ1) is 12.0. The molecule has 0 atom stereocenters. The molecule has 1 aromatic carbocycles. The quantitative estimate of drug-likeness (QED) is 0.454. The normalized spacial score (nSPS) is 14.3. The molecule has 1 aliphatic rings. The Morgan fingerprint density at radius 3 is 2.76 bits per heavy atom. The van der Waals surface area contributed by atoms with E-state index in [-0.39, 0.29) is 27.9 Å². The molecule has 0 radical (unpaired) electrons. The molecular formula is C15H16BrFN6O2. The first kappa shape index (κ1) is 17.3. The number of aromatic nitrogens is 2. The molecule has 4 N–H and O–H groups in total. The lowest BCUT2D eigenvalue weighted by Crippen LogP contribution is -2.36. The molecule has 1 saturated carbocycles. The van der Waals surface area contributed by atoms with Crippen LogP contribution in [0.1, 0.15) is 31.4 Å². The lowest BCUT2D eigenvalue weighted by atomic mass is 10.2. The van der Waals surface area contributed by atoms with Gasteiger partial charge in [0.05, 0.1) is 4.47 Å². The number of rotatable bonds is 4. The summed E-state index contributed by atoms with van der Waals surface area (Å²) in [6, 6.07) is 3.95. The molecule has 3 rings (SSSR count). The molecule has 1 fully saturated rings. The van der Waals surface area contributed by atoms with Crippen LogP contribution in [0.3, 0.4) is 0 Å². The Morgan fingerprint density at radius 1 is 1.28 bits per heavy atom. The Balaban J connectivity index is 1.64. The van der Waals surface area contributed by atoms with Crippen LogP contribution < -0.4 is 16.0 Å². The summed E-state index contributed by atoms with van der Waals surface area (Å²) in [5, 5.41) is 23.5.